The van der Waals surface area contributed by atoms with Crippen molar-refractivity contribution in [2.24, 2.45) is 5.41 Å². The Labute approximate surface area is 87.4 Å². The fraction of sp³-hybridized carbons (Fsp3) is 1.00. The zero-order valence-corrected chi connectivity index (χ0v) is 9.88. The Balaban J connectivity index is 2.32. The van der Waals surface area contributed by atoms with Crippen molar-refractivity contribution in [2.75, 3.05) is 40.0 Å². The van der Waals surface area contributed by atoms with Gasteiger partial charge in [-0.1, -0.05) is 20.8 Å². The van der Waals surface area contributed by atoms with Gasteiger partial charge >= 0.3 is 0 Å². The highest BCUT2D eigenvalue weighted by atomic mass is 16.5. The lowest BCUT2D eigenvalue weighted by molar-refractivity contribution is -0.0669. The molecule has 1 atom stereocenters. The second-order valence-corrected chi connectivity index (χ2v) is 5.24. The third-order valence-corrected chi connectivity index (χ3v) is 2.27. The maximum absolute atomic E-state index is 5.60. The van der Waals surface area contributed by atoms with Gasteiger partial charge in [0.2, 0.25) is 0 Å². The molecule has 0 bridgehead atoms. The topological polar surface area (TPSA) is 21.7 Å². The highest BCUT2D eigenvalue weighted by Crippen LogP contribution is 2.17. The molecule has 1 rings (SSSR count). The summed E-state index contributed by atoms with van der Waals surface area (Å²) in [6.07, 6.45) is 0.260. The molecule has 0 aliphatic carbocycles. The predicted octanol–water partition coefficient (Wildman–Crippen LogP) is 1.38. The minimum Gasteiger partial charge on any atom is -0.382 e. The molecule has 0 radical (unpaired) electrons. The molecule has 0 aromatic carbocycles. The molecule has 84 valence electrons. The van der Waals surface area contributed by atoms with Gasteiger partial charge in [0, 0.05) is 26.7 Å². The van der Waals surface area contributed by atoms with E-state index in [1.165, 1.54) is 0 Å². The number of morpholine rings is 1. The van der Waals surface area contributed by atoms with E-state index in [2.05, 4.69) is 25.7 Å². The lowest BCUT2D eigenvalue weighted by Crippen LogP contribution is -2.47. The van der Waals surface area contributed by atoms with Crippen molar-refractivity contribution < 1.29 is 9.47 Å². The van der Waals surface area contributed by atoms with E-state index in [1.807, 2.05) is 0 Å². The highest BCUT2D eigenvalue weighted by Gasteiger charge is 2.23. The maximum Gasteiger partial charge on any atom is 0.0935 e. The molecule has 0 N–H and O–H groups in total. The molecule has 1 fully saturated rings. The second-order valence-electron chi connectivity index (χ2n) is 5.24. The summed E-state index contributed by atoms with van der Waals surface area (Å²) in [4.78, 5) is 2.47. The SMILES string of the molecule is COCC1CN(CC(C)(C)C)CCO1. The maximum atomic E-state index is 5.60. The van der Waals surface area contributed by atoms with Crippen LogP contribution in [-0.2, 0) is 9.47 Å². The summed E-state index contributed by atoms with van der Waals surface area (Å²) in [7, 11) is 1.73. The first kappa shape index (κ1) is 12.0. The van der Waals surface area contributed by atoms with Crippen LogP contribution in [0.1, 0.15) is 20.8 Å². The zero-order valence-electron chi connectivity index (χ0n) is 9.88. The predicted molar refractivity (Wildman–Crippen MR) is 57.5 cm³/mol. The summed E-state index contributed by atoms with van der Waals surface area (Å²) >= 11 is 0. The summed E-state index contributed by atoms with van der Waals surface area (Å²) in [5.74, 6) is 0. The van der Waals surface area contributed by atoms with Gasteiger partial charge < -0.3 is 9.47 Å². The van der Waals surface area contributed by atoms with Crippen molar-refractivity contribution in [2.45, 2.75) is 26.9 Å². The minimum atomic E-state index is 0.260. The first-order valence-corrected chi connectivity index (χ1v) is 5.34. The van der Waals surface area contributed by atoms with Crippen LogP contribution in [0.3, 0.4) is 0 Å². The summed E-state index contributed by atoms with van der Waals surface area (Å²) in [5, 5.41) is 0. The lowest BCUT2D eigenvalue weighted by atomic mass is 9.96. The Bertz CT molecular complexity index is 163. The Morgan fingerprint density at radius 3 is 2.71 bits per heavy atom. The Morgan fingerprint density at radius 2 is 2.14 bits per heavy atom. The normalized spacial score (nSPS) is 25.3. The Morgan fingerprint density at radius 1 is 1.43 bits per heavy atom. The van der Waals surface area contributed by atoms with Gasteiger partial charge in [0.05, 0.1) is 19.3 Å². The Kier molecular flexibility index (Phi) is 4.35. The van der Waals surface area contributed by atoms with Gasteiger partial charge in [0.15, 0.2) is 0 Å². The van der Waals surface area contributed by atoms with Crippen LogP contribution in [-0.4, -0.2) is 51.0 Å². The standard InChI is InChI=1S/C11H23NO2/c1-11(2,3)9-12-5-6-14-10(7-12)8-13-4/h10H,5-9H2,1-4H3. The molecule has 3 heteroatoms. The van der Waals surface area contributed by atoms with Crippen molar-refractivity contribution in [3.63, 3.8) is 0 Å². The van der Waals surface area contributed by atoms with Crippen molar-refractivity contribution >= 4 is 0 Å². The van der Waals surface area contributed by atoms with E-state index in [-0.39, 0.29) is 6.10 Å². The van der Waals surface area contributed by atoms with E-state index < -0.39 is 0 Å². The van der Waals surface area contributed by atoms with Gasteiger partial charge in [-0.3, -0.25) is 4.90 Å². The van der Waals surface area contributed by atoms with E-state index in [0.29, 0.717) is 12.0 Å². The van der Waals surface area contributed by atoms with Crippen LogP contribution in [0.4, 0.5) is 0 Å². The highest BCUT2D eigenvalue weighted by molar-refractivity contribution is 4.75. The molecule has 3 nitrogen and oxygen atoms in total. The van der Waals surface area contributed by atoms with Crippen LogP contribution in [0.15, 0.2) is 0 Å². The van der Waals surface area contributed by atoms with E-state index in [9.17, 15) is 0 Å². The van der Waals surface area contributed by atoms with Gasteiger partial charge in [-0.15, -0.1) is 0 Å². The zero-order chi connectivity index (χ0) is 10.6. The van der Waals surface area contributed by atoms with Crippen molar-refractivity contribution in [3.8, 4) is 0 Å². The molecule has 0 amide bonds. The average Bonchev–Trinajstić information content (AvgIpc) is 2.02. The van der Waals surface area contributed by atoms with Crippen LogP contribution < -0.4 is 0 Å². The smallest absolute Gasteiger partial charge is 0.0935 e. The van der Waals surface area contributed by atoms with E-state index in [1.54, 1.807) is 7.11 Å². The molecule has 0 aromatic rings. The van der Waals surface area contributed by atoms with E-state index in [0.717, 1.165) is 26.2 Å². The molecule has 1 aliphatic heterocycles. The molecule has 1 heterocycles. The van der Waals surface area contributed by atoms with Crippen LogP contribution in [0.5, 0.6) is 0 Å². The van der Waals surface area contributed by atoms with Crippen LogP contribution in [0, 0.1) is 5.41 Å². The van der Waals surface area contributed by atoms with Gasteiger partial charge in [-0.25, -0.2) is 0 Å². The summed E-state index contributed by atoms with van der Waals surface area (Å²) < 4.78 is 10.7. The van der Waals surface area contributed by atoms with Gasteiger partial charge in [-0.05, 0) is 5.41 Å². The van der Waals surface area contributed by atoms with E-state index in [4.69, 9.17) is 9.47 Å². The first-order chi connectivity index (χ1) is 6.51. The third kappa shape index (κ3) is 4.40. The number of hydrogen-bond donors (Lipinski definition) is 0. The molecule has 0 aromatic heterocycles. The van der Waals surface area contributed by atoms with Crippen LogP contribution in [0.2, 0.25) is 0 Å². The lowest BCUT2D eigenvalue weighted by Gasteiger charge is -2.36. The fourth-order valence-corrected chi connectivity index (χ4v) is 1.88. The summed E-state index contributed by atoms with van der Waals surface area (Å²) in [5.41, 5.74) is 0.370. The third-order valence-electron chi connectivity index (χ3n) is 2.27. The Hall–Kier alpha value is -0.120. The summed E-state index contributed by atoms with van der Waals surface area (Å²) in [6.45, 7) is 11.6. The average molecular weight is 201 g/mol. The van der Waals surface area contributed by atoms with Crippen molar-refractivity contribution in [3.05, 3.63) is 0 Å². The number of methoxy groups -OCH3 is 1. The molecule has 1 unspecified atom stereocenters. The fourth-order valence-electron chi connectivity index (χ4n) is 1.88. The molecule has 0 saturated carbocycles. The molecule has 0 spiro atoms. The van der Waals surface area contributed by atoms with E-state index >= 15 is 0 Å². The minimum absolute atomic E-state index is 0.260. The van der Waals surface area contributed by atoms with Gasteiger partial charge in [0.1, 0.15) is 0 Å². The molecular weight excluding hydrogens is 178 g/mol. The molecule has 14 heavy (non-hydrogen) atoms. The number of hydrogen-bond acceptors (Lipinski definition) is 3. The number of nitrogens with zero attached hydrogens (tertiary/aromatic N) is 1. The first-order valence-electron chi connectivity index (χ1n) is 5.34. The summed E-state index contributed by atoms with van der Waals surface area (Å²) in [6, 6.07) is 0. The molecule has 1 aliphatic rings. The second kappa shape index (κ2) is 5.10. The quantitative estimate of drug-likeness (QED) is 0.688. The van der Waals surface area contributed by atoms with Gasteiger partial charge in [0.25, 0.3) is 0 Å². The number of rotatable bonds is 3. The number of ether oxygens (including phenoxy) is 2. The molecular formula is C11H23NO2. The van der Waals surface area contributed by atoms with Crippen LogP contribution in [0.25, 0.3) is 0 Å². The van der Waals surface area contributed by atoms with Crippen molar-refractivity contribution in [1.82, 2.24) is 4.90 Å². The largest absolute Gasteiger partial charge is 0.382 e. The van der Waals surface area contributed by atoms with Crippen molar-refractivity contribution in [1.29, 1.82) is 0 Å². The van der Waals surface area contributed by atoms with Gasteiger partial charge in [-0.2, -0.15) is 0 Å². The monoisotopic (exact) mass is 201 g/mol. The molecule has 1 saturated heterocycles. The van der Waals surface area contributed by atoms with Crippen LogP contribution >= 0.6 is 0 Å².